The van der Waals surface area contributed by atoms with Crippen LogP contribution < -0.4 is 0 Å². The monoisotopic (exact) mass is 642 g/mol. The van der Waals surface area contributed by atoms with Crippen molar-refractivity contribution in [2.75, 3.05) is 0 Å². The maximum atomic E-state index is 2.44. The Morgan fingerprint density at radius 1 is 0.275 bits per heavy atom. The van der Waals surface area contributed by atoms with Crippen molar-refractivity contribution in [2.24, 2.45) is 0 Å². The lowest BCUT2D eigenvalue weighted by Crippen LogP contribution is -2.26. The van der Waals surface area contributed by atoms with Gasteiger partial charge in [-0.25, -0.2) is 0 Å². The minimum absolute atomic E-state index is 0.460. The normalized spacial score (nSPS) is 13.6. The van der Waals surface area contributed by atoms with Crippen LogP contribution in [-0.2, 0) is 5.41 Å². The van der Waals surface area contributed by atoms with Crippen molar-refractivity contribution < 1.29 is 0 Å². The second kappa shape index (κ2) is 9.81. The summed E-state index contributed by atoms with van der Waals surface area (Å²) in [6.07, 6.45) is 0. The molecule has 2 aliphatic carbocycles. The first-order valence-electron chi connectivity index (χ1n) is 17.9. The lowest BCUT2D eigenvalue weighted by molar-refractivity contribution is 0.809. The van der Waals surface area contributed by atoms with Gasteiger partial charge >= 0.3 is 0 Å². The lowest BCUT2D eigenvalue weighted by Gasteiger charge is -2.32. The maximum absolute atomic E-state index is 2.44. The van der Waals surface area contributed by atoms with Crippen LogP contribution in [0.4, 0.5) is 0 Å². The van der Waals surface area contributed by atoms with E-state index in [1.807, 2.05) is 0 Å². The molecule has 10 aromatic carbocycles. The Morgan fingerprint density at radius 2 is 0.804 bits per heavy atom. The van der Waals surface area contributed by atoms with E-state index in [2.05, 4.69) is 182 Å². The minimum atomic E-state index is -0.460. The zero-order valence-corrected chi connectivity index (χ0v) is 27.8. The smallest absolute Gasteiger partial charge is 0.0619 e. The van der Waals surface area contributed by atoms with Crippen molar-refractivity contribution in [1.29, 1.82) is 0 Å². The van der Waals surface area contributed by atoms with Gasteiger partial charge in [-0.2, -0.15) is 0 Å². The van der Waals surface area contributed by atoms with E-state index in [4.69, 9.17) is 0 Å². The summed E-state index contributed by atoms with van der Waals surface area (Å²) in [7, 11) is 0. The van der Waals surface area contributed by atoms with Crippen LogP contribution >= 0.6 is 0 Å². The molecular formula is C51H30. The molecule has 0 nitrogen and oxygen atoms in total. The highest BCUT2D eigenvalue weighted by Crippen LogP contribution is 2.66. The van der Waals surface area contributed by atoms with E-state index in [0.717, 1.165) is 0 Å². The van der Waals surface area contributed by atoms with E-state index in [0.29, 0.717) is 0 Å². The Labute approximate surface area is 295 Å². The Balaban J connectivity index is 1.24. The summed E-state index contributed by atoms with van der Waals surface area (Å²) in [6.45, 7) is 0. The SMILES string of the molecule is c1ccc2c(c1)-c1ccccc1C21c2c(ccc3cc(-c4cc5ccccc5c5ccccc45)ccc23)-c2c1c1ccccc1c1ccccc21. The number of hydrogen-bond acceptors (Lipinski definition) is 0. The van der Waals surface area contributed by atoms with Crippen molar-refractivity contribution in [3.8, 4) is 33.4 Å². The first-order valence-corrected chi connectivity index (χ1v) is 17.9. The molecule has 0 bridgehead atoms. The Kier molecular flexibility index (Phi) is 5.26. The van der Waals surface area contributed by atoms with Crippen molar-refractivity contribution in [1.82, 2.24) is 0 Å². The fourth-order valence-corrected chi connectivity index (χ4v) is 10.1. The molecule has 2 aliphatic rings. The molecule has 1 spiro atoms. The summed E-state index contributed by atoms with van der Waals surface area (Å²) < 4.78 is 0. The van der Waals surface area contributed by atoms with Crippen LogP contribution in [0, 0.1) is 0 Å². The predicted molar refractivity (Wildman–Crippen MR) is 216 cm³/mol. The summed E-state index contributed by atoms with van der Waals surface area (Å²) in [5.41, 5.74) is 13.0. The summed E-state index contributed by atoms with van der Waals surface area (Å²) in [5.74, 6) is 0. The van der Waals surface area contributed by atoms with Crippen molar-refractivity contribution in [2.45, 2.75) is 5.41 Å². The second-order valence-electron chi connectivity index (χ2n) is 14.3. The third-order valence-electron chi connectivity index (χ3n) is 12.0. The van der Waals surface area contributed by atoms with Gasteiger partial charge in [-0.3, -0.25) is 0 Å². The van der Waals surface area contributed by atoms with Crippen molar-refractivity contribution >= 4 is 53.9 Å². The van der Waals surface area contributed by atoms with Gasteiger partial charge in [0.25, 0.3) is 0 Å². The van der Waals surface area contributed by atoms with Gasteiger partial charge in [0, 0.05) is 0 Å². The summed E-state index contributed by atoms with van der Waals surface area (Å²) in [6, 6.07) is 68.5. The van der Waals surface area contributed by atoms with E-state index in [-0.39, 0.29) is 0 Å². The Hall–Kier alpha value is -6.50. The molecule has 0 aliphatic heterocycles. The molecule has 0 fully saturated rings. The van der Waals surface area contributed by atoms with Crippen molar-refractivity contribution in [3.63, 3.8) is 0 Å². The van der Waals surface area contributed by atoms with Gasteiger partial charge in [0.15, 0.2) is 0 Å². The third-order valence-corrected chi connectivity index (χ3v) is 12.0. The molecule has 10 aromatic rings. The first-order chi connectivity index (χ1) is 25.3. The molecule has 0 unspecified atom stereocenters. The van der Waals surface area contributed by atoms with E-state index >= 15 is 0 Å². The van der Waals surface area contributed by atoms with Gasteiger partial charge in [-0.1, -0.05) is 170 Å². The number of benzene rings is 10. The number of hydrogen-bond donors (Lipinski definition) is 0. The molecule has 0 saturated carbocycles. The zero-order valence-electron chi connectivity index (χ0n) is 27.8. The van der Waals surface area contributed by atoms with Gasteiger partial charge in [0.1, 0.15) is 0 Å². The molecule has 0 amide bonds. The van der Waals surface area contributed by atoms with Crippen LogP contribution in [0.3, 0.4) is 0 Å². The summed E-state index contributed by atoms with van der Waals surface area (Å²) >= 11 is 0. The van der Waals surface area contributed by atoms with E-state index < -0.39 is 5.41 Å². The first kappa shape index (κ1) is 27.3. The van der Waals surface area contributed by atoms with E-state index in [1.165, 1.54) is 109 Å². The molecule has 0 N–H and O–H groups in total. The van der Waals surface area contributed by atoms with E-state index in [9.17, 15) is 0 Å². The van der Waals surface area contributed by atoms with Crippen LogP contribution in [0.1, 0.15) is 22.3 Å². The Bertz CT molecular complexity index is 3100. The van der Waals surface area contributed by atoms with Crippen LogP contribution in [0.5, 0.6) is 0 Å². The van der Waals surface area contributed by atoms with Gasteiger partial charge in [0.2, 0.25) is 0 Å². The molecule has 12 rings (SSSR count). The molecule has 0 heteroatoms. The fourth-order valence-electron chi connectivity index (χ4n) is 10.1. The molecule has 0 heterocycles. The van der Waals surface area contributed by atoms with Crippen LogP contribution in [0.25, 0.3) is 87.2 Å². The quantitative estimate of drug-likeness (QED) is 0.156. The highest BCUT2D eigenvalue weighted by atomic mass is 14.5. The molecular weight excluding hydrogens is 613 g/mol. The summed E-state index contributed by atoms with van der Waals surface area (Å²) in [4.78, 5) is 0. The van der Waals surface area contributed by atoms with Gasteiger partial charge < -0.3 is 0 Å². The average Bonchev–Trinajstić information content (AvgIpc) is 3.68. The van der Waals surface area contributed by atoms with E-state index in [1.54, 1.807) is 0 Å². The molecule has 234 valence electrons. The predicted octanol–water partition coefficient (Wildman–Crippen LogP) is 13.5. The lowest BCUT2D eigenvalue weighted by atomic mass is 9.68. The molecule has 0 aromatic heterocycles. The van der Waals surface area contributed by atoms with Crippen LogP contribution in [0.2, 0.25) is 0 Å². The number of rotatable bonds is 1. The average molecular weight is 643 g/mol. The maximum Gasteiger partial charge on any atom is 0.0737 e. The molecule has 0 atom stereocenters. The van der Waals surface area contributed by atoms with Gasteiger partial charge in [0.05, 0.1) is 5.41 Å². The topological polar surface area (TPSA) is 0 Å². The number of fused-ring (bicyclic) bond motifs is 20. The zero-order chi connectivity index (χ0) is 33.3. The highest BCUT2D eigenvalue weighted by molar-refractivity contribution is 6.22. The fraction of sp³-hybridized carbons (Fsp3) is 0.0196. The van der Waals surface area contributed by atoms with Crippen molar-refractivity contribution in [3.05, 3.63) is 204 Å². The van der Waals surface area contributed by atoms with Crippen LogP contribution in [0.15, 0.2) is 182 Å². The molecule has 0 saturated heterocycles. The Morgan fingerprint density at radius 3 is 1.53 bits per heavy atom. The minimum Gasteiger partial charge on any atom is -0.0619 e. The highest BCUT2D eigenvalue weighted by Gasteiger charge is 2.53. The standard InChI is InChI=1S/C51H30/c1-2-14-34-31(13-1)30-45(39-18-4-3-15-36(34)39)33-25-27-35-32(29-33)26-28-44-48-42-21-7-5-16-37(42)38-17-6-8-22-43(38)50(48)51(49(35)44)46-23-11-9-19-40(46)41-20-10-12-24-47(41)51/h1-30H. The third kappa shape index (κ3) is 3.35. The molecule has 51 heavy (non-hydrogen) atoms. The molecule has 0 radical (unpaired) electrons. The van der Waals surface area contributed by atoms with Gasteiger partial charge in [-0.15, -0.1) is 0 Å². The van der Waals surface area contributed by atoms with Gasteiger partial charge in [-0.05, 0) is 122 Å². The van der Waals surface area contributed by atoms with Crippen LogP contribution in [-0.4, -0.2) is 0 Å². The largest absolute Gasteiger partial charge is 0.0737 e. The summed E-state index contributed by atoms with van der Waals surface area (Å²) in [5, 5.41) is 13.0. The second-order valence-corrected chi connectivity index (χ2v) is 14.3.